The van der Waals surface area contributed by atoms with Gasteiger partial charge >= 0.3 is 0 Å². The van der Waals surface area contributed by atoms with Crippen LogP contribution in [0.5, 0.6) is 0 Å². The Hall–Kier alpha value is -3.82. The molecule has 0 radical (unpaired) electrons. The van der Waals surface area contributed by atoms with Crippen molar-refractivity contribution in [2.24, 2.45) is 22.2 Å². The molecule has 0 amide bonds. The van der Waals surface area contributed by atoms with Crippen molar-refractivity contribution in [3.63, 3.8) is 0 Å². The third-order valence-electron chi connectivity index (χ3n) is 6.03. The summed E-state index contributed by atoms with van der Waals surface area (Å²) >= 11 is 0. The molecule has 0 saturated heterocycles. The first-order chi connectivity index (χ1) is 16.4. The first kappa shape index (κ1) is 23.3. The molecule has 0 fully saturated rings. The van der Waals surface area contributed by atoms with E-state index in [1.165, 1.54) is 0 Å². The zero-order valence-electron chi connectivity index (χ0n) is 18.8. The summed E-state index contributed by atoms with van der Waals surface area (Å²) in [6.07, 6.45) is 1.09. The highest BCUT2D eigenvalue weighted by atomic mass is 16.1. The number of Topliss-reactive ketones (excluding diaryl/α,β-unsaturated/α-hetero) is 1. The van der Waals surface area contributed by atoms with Gasteiger partial charge < -0.3 is 27.1 Å². The van der Waals surface area contributed by atoms with Crippen LogP contribution in [0.4, 0.5) is 0 Å². The number of fused-ring (bicyclic) bond motifs is 5. The SMILES string of the molecule is NC(N)=NCCCC(N)C(=O)CNCCn1c2c(c3ccccc3c1=O)C(=O)c1ccccc1-2. The summed E-state index contributed by atoms with van der Waals surface area (Å²) in [5.41, 5.74) is 18.9. The molecule has 7 N–H and O–H groups in total. The van der Waals surface area contributed by atoms with Crippen molar-refractivity contribution < 1.29 is 9.59 Å². The van der Waals surface area contributed by atoms with Crippen LogP contribution in [0.1, 0.15) is 28.8 Å². The van der Waals surface area contributed by atoms with Crippen LogP contribution in [-0.4, -0.2) is 47.8 Å². The molecule has 1 aliphatic rings. The molecule has 0 bridgehead atoms. The van der Waals surface area contributed by atoms with Gasteiger partial charge in [-0.05, 0) is 18.9 Å². The van der Waals surface area contributed by atoms with Crippen LogP contribution in [-0.2, 0) is 11.3 Å². The number of rotatable bonds is 10. The number of carbonyl (C=O) groups excluding carboxylic acids is 2. The molecule has 0 saturated carbocycles. The molecule has 2 aromatic carbocycles. The van der Waals surface area contributed by atoms with E-state index in [1.54, 1.807) is 22.8 Å². The summed E-state index contributed by atoms with van der Waals surface area (Å²) in [4.78, 5) is 42.7. The third-order valence-corrected chi connectivity index (χ3v) is 6.03. The summed E-state index contributed by atoms with van der Waals surface area (Å²) in [7, 11) is 0. The number of guanidine groups is 1. The zero-order chi connectivity index (χ0) is 24.2. The van der Waals surface area contributed by atoms with Crippen molar-refractivity contribution in [3.05, 3.63) is 70.0 Å². The van der Waals surface area contributed by atoms with E-state index in [1.807, 2.05) is 30.3 Å². The van der Waals surface area contributed by atoms with Crippen molar-refractivity contribution in [1.29, 1.82) is 0 Å². The number of aromatic nitrogens is 1. The quantitative estimate of drug-likeness (QED) is 0.154. The number of nitrogens with one attached hydrogen (secondary N) is 1. The summed E-state index contributed by atoms with van der Waals surface area (Å²) < 4.78 is 1.63. The maximum atomic E-state index is 13.3. The van der Waals surface area contributed by atoms with Crippen LogP contribution in [0.2, 0.25) is 0 Å². The van der Waals surface area contributed by atoms with Gasteiger partial charge in [0.25, 0.3) is 5.56 Å². The highest BCUT2D eigenvalue weighted by Crippen LogP contribution is 2.38. The van der Waals surface area contributed by atoms with Crippen molar-refractivity contribution in [3.8, 4) is 11.3 Å². The Morgan fingerprint density at radius 2 is 1.68 bits per heavy atom. The lowest BCUT2D eigenvalue weighted by Gasteiger charge is -2.16. The van der Waals surface area contributed by atoms with Gasteiger partial charge in [-0.15, -0.1) is 0 Å². The number of ketones is 2. The van der Waals surface area contributed by atoms with Crippen LogP contribution in [0.25, 0.3) is 22.0 Å². The van der Waals surface area contributed by atoms with Gasteiger partial charge in [0.2, 0.25) is 0 Å². The Kier molecular flexibility index (Phi) is 6.85. The Morgan fingerprint density at radius 1 is 1.00 bits per heavy atom. The van der Waals surface area contributed by atoms with Gasteiger partial charge in [-0.3, -0.25) is 19.4 Å². The van der Waals surface area contributed by atoms with Gasteiger partial charge in [0, 0.05) is 41.5 Å². The summed E-state index contributed by atoms with van der Waals surface area (Å²) in [5, 5.41) is 4.25. The molecule has 9 nitrogen and oxygen atoms in total. The summed E-state index contributed by atoms with van der Waals surface area (Å²) in [6.45, 7) is 1.19. The fourth-order valence-electron chi connectivity index (χ4n) is 4.36. The Bertz CT molecular complexity index is 1340. The van der Waals surface area contributed by atoms with Crippen LogP contribution >= 0.6 is 0 Å². The van der Waals surface area contributed by atoms with Crippen LogP contribution in [0.15, 0.2) is 58.3 Å². The second-order valence-corrected chi connectivity index (χ2v) is 8.30. The first-order valence-electron chi connectivity index (χ1n) is 11.2. The average molecular weight is 461 g/mol. The van der Waals surface area contributed by atoms with E-state index in [0.29, 0.717) is 60.1 Å². The molecule has 34 heavy (non-hydrogen) atoms. The molecule has 0 spiro atoms. The van der Waals surface area contributed by atoms with Crippen molar-refractivity contribution in [1.82, 2.24) is 9.88 Å². The molecule has 1 unspecified atom stereocenters. The van der Waals surface area contributed by atoms with Crippen molar-refractivity contribution >= 4 is 28.3 Å². The molecule has 4 rings (SSSR count). The van der Waals surface area contributed by atoms with Crippen molar-refractivity contribution in [2.75, 3.05) is 19.6 Å². The number of benzene rings is 2. The molecular formula is C25H28N6O3. The minimum absolute atomic E-state index is 0.0151. The van der Waals surface area contributed by atoms with Crippen LogP contribution in [0.3, 0.4) is 0 Å². The molecule has 1 aromatic heterocycles. The molecule has 1 aliphatic carbocycles. The van der Waals surface area contributed by atoms with E-state index >= 15 is 0 Å². The molecular weight excluding hydrogens is 432 g/mol. The van der Waals surface area contributed by atoms with Gasteiger partial charge in [-0.2, -0.15) is 0 Å². The predicted molar refractivity (Wildman–Crippen MR) is 133 cm³/mol. The smallest absolute Gasteiger partial charge is 0.258 e. The zero-order valence-corrected chi connectivity index (χ0v) is 18.8. The second-order valence-electron chi connectivity index (χ2n) is 8.30. The van der Waals surface area contributed by atoms with Crippen molar-refractivity contribution in [2.45, 2.75) is 25.4 Å². The van der Waals surface area contributed by atoms with Gasteiger partial charge in [0.05, 0.1) is 23.8 Å². The number of carbonyl (C=O) groups is 2. The van der Waals surface area contributed by atoms with Gasteiger partial charge in [-0.1, -0.05) is 42.5 Å². The number of pyridine rings is 1. The van der Waals surface area contributed by atoms with Gasteiger partial charge in [-0.25, -0.2) is 0 Å². The number of hydrogen-bond donors (Lipinski definition) is 4. The molecule has 1 atom stereocenters. The largest absolute Gasteiger partial charge is 0.370 e. The van der Waals surface area contributed by atoms with E-state index < -0.39 is 6.04 Å². The standard InChI is InChI=1S/C25H28N6O3/c26-19(10-5-11-30-25(27)28)20(32)14-29-12-13-31-22-16-7-2-3-8-17(16)23(33)21(22)15-6-1-4-9-18(15)24(31)34/h1-4,6-9,19,29H,5,10-14,26H2,(H4,27,28,30). The van der Waals surface area contributed by atoms with E-state index in [9.17, 15) is 14.4 Å². The fraction of sp³-hybridized carbons (Fsp3) is 0.280. The Balaban J connectivity index is 1.49. The number of nitrogens with zero attached hydrogens (tertiary/aromatic N) is 2. The molecule has 176 valence electrons. The normalized spacial score (nSPS) is 12.9. The minimum Gasteiger partial charge on any atom is -0.370 e. The monoisotopic (exact) mass is 460 g/mol. The average Bonchev–Trinajstić information content (AvgIpc) is 3.13. The molecule has 9 heteroatoms. The molecule has 3 aromatic rings. The first-order valence-corrected chi connectivity index (χ1v) is 11.2. The lowest BCUT2D eigenvalue weighted by Crippen LogP contribution is -2.39. The summed E-state index contributed by atoms with van der Waals surface area (Å²) in [5.74, 6) is -0.187. The molecule has 1 heterocycles. The Morgan fingerprint density at radius 3 is 2.41 bits per heavy atom. The fourth-order valence-corrected chi connectivity index (χ4v) is 4.36. The van der Waals surface area contributed by atoms with Gasteiger partial charge in [0.15, 0.2) is 17.5 Å². The number of aliphatic imine (C=N–C) groups is 1. The minimum atomic E-state index is -0.612. The maximum Gasteiger partial charge on any atom is 0.258 e. The second kappa shape index (κ2) is 9.98. The molecule has 0 aliphatic heterocycles. The van der Waals surface area contributed by atoms with Gasteiger partial charge in [0.1, 0.15) is 0 Å². The third kappa shape index (κ3) is 4.48. The van der Waals surface area contributed by atoms with E-state index in [0.717, 1.165) is 5.56 Å². The lowest BCUT2D eigenvalue weighted by molar-refractivity contribution is -0.119. The highest BCUT2D eigenvalue weighted by Gasteiger charge is 2.32. The summed E-state index contributed by atoms with van der Waals surface area (Å²) in [6, 6.07) is 13.9. The van der Waals surface area contributed by atoms with Crippen LogP contribution in [0, 0.1) is 0 Å². The van der Waals surface area contributed by atoms with Crippen LogP contribution < -0.4 is 28.1 Å². The Labute approximate surface area is 196 Å². The van der Waals surface area contributed by atoms with E-state index in [2.05, 4.69) is 10.3 Å². The number of nitrogens with two attached hydrogens (primary N) is 3. The predicted octanol–water partition coefficient (Wildman–Crippen LogP) is 0.753. The maximum absolute atomic E-state index is 13.3. The highest BCUT2D eigenvalue weighted by molar-refractivity contribution is 6.26. The van der Waals surface area contributed by atoms with E-state index in [4.69, 9.17) is 17.2 Å². The topological polar surface area (TPSA) is 159 Å². The lowest BCUT2D eigenvalue weighted by atomic mass is 10.0. The van der Waals surface area contributed by atoms with E-state index in [-0.39, 0.29) is 29.6 Å². The number of hydrogen-bond acceptors (Lipinski definition) is 6.